The molecule has 0 aliphatic heterocycles. The molecule has 1 aromatic carbocycles. The lowest BCUT2D eigenvalue weighted by Gasteiger charge is -2.22. The van der Waals surface area contributed by atoms with Crippen LogP contribution in [0.2, 0.25) is 0 Å². The molecule has 1 aliphatic carbocycles. The molecule has 0 spiro atoms. The number of hydrogen-bond donors (Lipinski definition) is 1. The van der Waals surface area contributed by atoms with Crippen LogP contribution in [0.15, 0.2) is 36.7 Å². The lowest BCUT2D eigenvalue weighted by Crippen LogP contribution is -2.15. The second-order valence-electron chi connectivity index (χ2n) is 8.00. The number of carbonyl (C=O) groups is 1. The number of carbonyl (C=O) groups excluding carboxylic acids is 1. The molecule has 1 amide bonds. The molecule has 158 valence electrons. The Balaban J connectivity index is 1.41. The number of anilines is 1. The molecule has 1 fully saturated rings. The van der Waals surface area contributed by atoms with Crippen LogP contribution in [-0.2, 0) is 0 Å². The molecule has 1 saturated carbocycles. The van der Waals surface area contributed by atoms with Crippen LogP contribution in [0.5, 0.6) is 0 Å². The van der Waals surface area contributed by atoms with Gasteiger partial charge < -0.3 is 9.88 Å². The predicted molar refractivity (Wildman–Crippen MR) is 118 cm³/mol. The number of nitrogens with zero attached hydrogens (tertiary/aromatic N) is 5. The maximum absolute atomic E-state index is 14.7. The lowest BCUT2D eigenvalue weighted by molar-refractivity contribution is 0.102. The van der Waals surface area contributed by atoms with Gasteiger partial charge in [0.1, 0.15) is 23.7 Å². The van der Waals surface area contributed by atoms with E-state index in [-0.39, 0.29) is 11.6 Å². The first-order valence-corrected chi connectivity index (χ1v) is 11.1. The van der Waals surface area contributed by atoms with Crippen molar-refractivity contribution in [2.24, 2.45) is 0 Å². The maximum atomic E-state index is 14.7. The summed E-state index contributed by atoms with van der Waals surface area (Å²) in [5, 5.41) is 11.8. The number of halogens is 1. The third-order valence-electron chi connectivity index (χ3n) is 5.54. The fourth-order valence-corrected chi connectivity index (χ4v) is 4.74. The van der Waals surface area contributed by atoms with E-state index in [0.717, 1.165) is 22.5 Å². The third-order valence-corrected chi connectivity index (χ3v) is 6.72. The Bertz CT molecular complexity index is 1280. The molecule has 5 rings (SSSR count). The van der Waals surface area contributed by atoms with Crippen LogP contribution < -0.4 is 5.32 Å². The molecule has 1 aliphatic rings. The van der Waals surface area contributed by atoms with Gasteiger partial charge in [-0.25, -0.2) is 14.4 Å². The number of pyridine rings is 1. The van der Waals surface area contributed by atoms with Crippen molar-refractivity contribution in [3.63, 3.8) is 0 Å². The smallest absolute Gasteiger partial charge is 0.259 e. The Morgan fingerprint density at radius 1 is 1.26 bits per heavy atom. The van der Waals surface area contributed by atoms with E-state index in [1.54, 1.807) is 41.9 Å². The standard InChI is InChI=1S/C22H21FN6OS/c1-12(2)29-11-24-28-20(29)16-7-4-8-19(25-16)27-21(30)14-9-18-17(10-15(14)23)26-22(31-18)13-5-3-6-13/h4,7-13H,3,5-6H2,1-2H3,(H,25,27,30). The number of benzene rings is 1. The average molecular weight is 437 g/mol. The molecule has 9 heteroatoms. The fraction of sp³-hybridized carbons (Fsp3) is 0.318. The first-order chi connectivity index (χ1) is 15.0. The van der Waals surface area contributed by atoms with Gasteiger partial charge in [0.2, 0.25) is 0 Å². The highest BCUT2D eigenvalue weighted by Gasteiger charge is 2.24. The molecule has 0 saturated heterocycles. The second-order valence-corrected chi connectivity index (χ2v) is 9.06. The van der Waals surface area contributed by atoms with Gasteiger partial charge in [-0.2, -0.15) is 0 Å². The van der Waals surface area contributed by atoms with E-state index >= 15 is 0 Å². The van der Waals surface area contributed by atoms with E-state index in [2.05, 4.69) is 25.5 Å². The van der Waals surface area contributed by atoms with Crippen LogP contribution in [0.3, 0.4) is 0 Å². The number of amides is 1. The Labute approximate surface area is 182 Å². The van der Waals surface area contributed by atoms with Gasteiger partial charge in [0, 0.05) is 18.0 Å². The van der Waals surface area contributed by atoms with Crippen LogP contribution in [0.25, 0.3) is 21.7 Å². The van der Waals surface area contributed by atoms with Gasteiger partial charge in [0.15, 0.2) is 5.82 Å². The van der Waals surface area contributed by atoms with Crippen molar-refractivity contribution in [3.05, 3.63) is 53.0 Å². The maximum Gasteiger partial charge on any atom is 0.259 e. The van der Waals surface area contributed by atoms with E-state index < -0.39 is 11.7 Å². The molecule has 7 nitrogen and oxygen atoms in total. The summed E-state index contributed by atoms with van der Waals surface area (Å²) in [4.78, 5) is 21.9. The zero-order valence-electron chi connectivity index (χ0n) is 17.2. The Morgan fingerprint density at radius 3 is 2.84 bits per heavy atom. The largest absolute Gasteiger partial charge is 0.310 e. The molecular formula is C22H21FN6OS. The van der Waals surface area contributed by atoms with E-state index in [0.29, 0.717) is 28.8 Å². The number of nitrogens with one attached hydrogen (secondary N) is 1. The summed E-state index contributed by atoms with van der Waals surface area (Å²) in [6.07, 6.45) is 5.11. The van der Waals surface area contributed by atoms with Gasteiger partial charge in [-0.1, -0.05) is 12.5 Å². The first-order valence-electron chi connectivity index (χ1n) is 10.3. The molecule has 0 unspecified atom stereocenters. The molecular weight excluding hydrogens is 415 g/mol. The molecule has 0 atom stereocenters. The van der Waals surface area contributed by atoms with Crippen molar-refractivity contribution in [1.82, 2.24) is 24.7 Å². The summed E-state index contributed by atoms with van der Waals surface area (Å²) in [6.45, 7) is 4.04. The zero-order chi connectivity index (χ0) is 21.5. The SMILES string of the molecule is CC(C)n1cnnc1-c1cccc(NC(=O)c2cc3sc(C4CCC4)nc3cc2F)n1. The Kier molecular flexibility index (Phi) is 4.97. The fourth-order valence-electron chi connectivity index (χ4n) is 3.59. The molecule has 4 aromatic rings. The van der Waals surface area contributed by atoms with Crippen molar-refractivity contribution >= 4 is 33.3 Å². The minimum Gasteiger partial charge on any atom is -0.310 e. The Hall–Kier alpha value is -3.20. The van der Waals surface area contributed by atoms with Crippen LogP contribution in [-0.4, -0.2) is 30.6 Å². The van der Waals surface area contributed by atoms with Gasteiger partial charge >= 0.3 is 0 Å². The monoisotopic (exact) mass is 436 g/mol. The number of rotatable bonds is 5. The van der Waals surface area contributed by atoms with Crippen LogP contribution in [0.4, 0.5) is 10.2 Å². The number of hydrogen-bond acceptors (Lipinski definition) is 6. The predicted octanol–water partition coefficient (Wildman–Crippen LogP) is 5.19. The van der Waals surface area contributed by atoms with Gasteiger partial charge in [-0.15, -0.1) is 21.5 Å². The van der Waals surface area contributed by atoms with Gasteiger partial charge in [-0.3, -0.25) is 4.79 Å². The van der Waals surface area contributed by atoms with Crippen LogP contribution in [0.1, 0.15) is 60.4 Å². The number of fused-ring (bicyclic) bond motifs is 1. The van der Waals surface area contributed by atoms with E-state index in [1.165, 1.54) is 12.5 Å². The summed E-state index contributed by atoms with van der Waals surface area (Å²) < 4.78 is 17.4. The molecule has 0 radical (unpaired) electrons. The Morgan fingerprint density at radius 2 is 2.10 bits per heavy atom. The summed E-state index contributed by atoms with van der Waals surface area (Å²) >= 11 is 1.54. The van der Waals surface area contributed by atoms with E-state index in [9.17, 15) is 9.18 Å². The van der Waals surface area contributed by atoms with Gasteiger partial charge in [-0.05, 0) is 44.9 Å². The molecule has 3 aromatic heterocycles. The van der Waals surface area contributed by atoms with Crippen molar-refractivity contribution in [2.75, 3.05) is 5.32 Å². The first kappa shape index (κ1) is 19.7. The quantitative estimate of drug-likeness (QED) is 0.465. The number of thiazole rings is 1. The highest BCUT2D eigenvalue weighted by Crippen LogP contribution is 2.40. The van der Waals surface area contributed by atoms with E-state index in [1.807, 2.05) is 18.4 Å². The minimum atomic E-state index is -0.592. The summed E-state index contributed by atoms with van der Waals surface area (Å²) in [5.74, 6) is 0.253. The molecule has 0 bridgehead atoms. The summed E-state index contributed by atoms with van der Waals surface area (Å²) in [6, 6.07) is 8.32. The highest BCUT2D eigenvalue weighted by molar-refractivity contribution is 7.18. The third kappa shape index (κ3) is 3.69. The summed E-state index contributed by atoms with van der Waals surface area (Å²) in [5.41, 5.74) is 1.16. The van der Waals surface area contributed by atoms with Crippen molar-refractivity contribution in [3.8, 4) is 11.5 Å². The van der Waals surface area contributed by atoms with Crippen LogP contribution in [0, 0.1) is 5.82 Å². The lowest BCUT2D eigenvalue weighted by atomic mass is 9.86. The minimum absolute atomic E-state index is 0.0196. The van der Waals surface area contributed by atoms with Crippen LogP contribution >= 0.6 is 11.3 Å². The molecule has 31 heavy (non-hydrogen) atoms. The highest BCUT2D eigenvalue weighted by atomic mass is 32.1. The summed E-state index contributed by atoms with van der Waals surface area (Å²) in [7, 11) is 0. The van der Waals surface area contributed by atoms with Crippen molar-refractivity contribution in [2.45, 2.75) is 45.1 Å². The zero-order valence-corrected chi connectivity index (χ0v) is 18.0. The second kappa shape index (κ2) is 7.81. The molecule has 1 N–H and O–H groups in total. The van der Waals surface area contributed by atoms with Crippen molar-refractivity contribution in [1.29, 1.82) is 0 Å². The normalized spacial score (nSPS) is 14.2. The number of aromatic nitrogens is 5. The van der Waals surface area contributed by atoms with Gasteiger partial charge in [0.25, 0.3) is 5.91 Å². The topological polar surface area (TPSA) is 85.6 Å². The van der Waals surface area contributed by atoms with E-state index in [4.69, 9.17) is 0 Å². The average Bonchev–Trinajstić information content (AvgIpc) is 3.33. The van der Waals surface area contributed by atoms with Gasteiger partial charge in [0.05, 0.1) is 20.8 Å². The molecule has 3 heterocycles. The van der Waals surface area contributed by atoms with Crippen molar-refractivity contribution < 1.29 is 9.18 Å².